The zero-order valence-electron chi connectivity index (χ0n) is 17.5. The highest BCUT2D eigenvalue weighted by atomic mass is 16.2. The first-order chi connectivity index (χ1) is 14.7. The van der Waals surface area contributed by atoms with E-state index in [1.165, 1.54) is 12.8 Å². The predicted octanol–water partition coefficient (Wildman–Crippen LogP) is 4.52. The fourth-order valence-electron chi connectivity index (χ4n) is 5.01. The Morgan fingerprint density at radius 3 is 2.33 bits per heavy atom. The van der Waals surface area contributed by atoms with E-state index in [1.54, 1.807) is 0 Å². The molecule has 30 heavy (non-hydrogen) atoms. The SMILES string of the molecule is C[C@@H]1CN(C(=O)C2CCCC2)CCN1c1nnc(-c2ccccc2)c2ccccc12. The van der Waals surface area contributed by atoms with Crippen molar-refractivity contribution in [3.8, 4) is 11.3 Å². The van der Waals surface area contributed by atoms with Crippen LogP contribution in [-0.2, 0) is 4.79 Å². The third kappa shape index (κ3) is 3.42. The van der Waals surface area contributed by atoms with E-state index >= 15 is 0 Å². The Kier molecular flexibility index (Phi) is 5.11. The summed E-state index contributed by atoms with van der Waals surface area (Å²) >= 11 is 0. The Morgan fingerprint density at radius 2 is 1.60 bits per heavy atom. The Balaban J connectivity index is 1.44. The van der Waals surface area contributed by atoms with Crippen molar-refractivity contribution in [3.63, 3.8) is 0 Å². The summed E-state index contributed by atoms with van der Waals surface area (Å²) in [7, 11) is 0. The zero-order valence-corrected chi connectivity index (χ0v) is 17.5. The average Bonchev–Trinajstić information content (AvgIpc) is 3.34. The molecule has 3 aromatic rings. The minimum absolute atomic E-state index is 0.212. The van der Waals surface area contributed by atoms with Crippen LogP contribution in [0.5, 0.6) is 0 Å². The number of aromatic nitrogens is 2. The maximum atomic E-state index is 12.9. The summed E-state index contributed by atoms with van der Waals surface area (Å²) in [4.78, 5) is 17.3. The highest BCUT2D eigenvalue weighted by molar-refractivity contribution is 6.00. The van der Waals surface area contributed by atoms with Crippen LogP contribution >= 0.6 is 0 Å². The van der Waals surface area contributed by atoms with Gasteiger partial charge in [0, 0.05) is 47.9 Å². The first kappa shape index (κ1) is 19.0. The largest absolute Gasteiger partial charge is 0.348 e. The van der Waals surface area contributed by atoms with Crippen molar-refractivity contribution in [2.24, 2.45) is 5.92 Å². The second-order valence-corrected chi connectivity index (χ2v) is 8.59. The Labute approximate surface area is 177 Å². The second-order valence-electron chi connectivity index (χ2n) is 8.59. The molecule has 1 saturated heterocycles. The number of benzene rings is 2. The fourth-order valence-corrected chi connectivity index (χ4v) is 5.01. The predicted molar refractivity (Wildman–Crippen MR) is 120 cm³/mol. The molecule has 0 radical (unpaired) electrons. The van der Waals surface area contributed by atoms with Crippen LogP contribution in [0.2, 0.25) is 0 Å². The van der Waals surface area contributed by atoms with Crippen LogP contribution in [0.15, 0.2) is 54.6 Å². The molecule has 2 aliphatic rings. The van der Waals surface area contributed by atoms with E-state index in [4.69, 9.17) is 0 Å². The molecule has 2 heterocycles. The van der Waals surface area contributed by atoms with Gasteiger partial charge in [0.2, 0.25) is 5.91 Å². The maximum absolute atomic E-state index is 12.9. The van der Waals surface area contributed by atoms with Crippen molar-refractivity contribution < 1.29 is 4.79 Å². The molecule has 154 valence electrons. The molecule has 1 aliphatic heterocycles. The monoisotopic (exact) mass is 400 g/mol. The number of hydrogen-bond donors (Lipinski definition) is 0. The smallest absolute Gasteiger partial charge is 0.225 e. The molecule has 1 atom stereocenters. The van der Waals surface area contributed by atoms with Crippen molar-refractivity contribution in [1.82, 2.24) is 15.1 Å². The second kappa shape index (κ2) is 8.05. The highest BCUT2D eigenvalue weighted by Crippen LogP contribution is 2.33. The molecule has 2 fully saturated rings. The molecule has 5 nitrogen and oxygen atoms in total. The Hall–Kier alpha value is -2.95. The van der Waals surface area contributed by atoms with Crippen LogP contribution in [0.3, 0.4) is 0 Å². The standard InChI is InChI=1S/C25H28N4O/c1-18-17-28(25(30)20-11-5-6-12-20)15-16-29(18)24-22-14-8-7-13-21(22)23(26-27-24)19-9-3-2-4-10-19/h2-4,7-10,13-14,18,20H,5-6,11-12,15-17H2,1H3/t18-/m1/s1. The van der Waals surface area contributed by atoms with E-state index in [0.717, 1.165) is 60.3 Å². The molecule has 2 aromatic carbocycles. The summed E-state index contributed by atoms with van der Waals surface area (Å²) in [5, 5.41) is 11.5. The third-order valence-electron chi connectivity index (χ3n) is 6.63. The minimum Gasteiger partial charge on any atom is -0.348 e. The lowest BCUT2D eigenvalue weighted by Crippen LogP contribution is -2.55. The van der Waals surface area contributed by atoms with Gasteiger partial charge in [-0.05, 0) is 19.8 Å². The molecule has 1 aromatic heterocycles. The summed E-state index contributed by atoms with van der Waals surface area (Å²) < 4.78 is 0. The van der Waals surface area contributed by atoms with Gasteiger partial charge in [-0.2, -0.15) is 0 Å². The van der Waals surface area contributed by atoms with E-state index in [1.807, 2.05) is 18.2 Å². The fraction of sp³-hybridized carbons (Fsp3) is 0.400. The molecule has 0 N–H and O–H groups in total. The van der Waals surface area contributed by atoms with Gasteiger partial charge < -0.3 is 9.80 Å². The van der Waals surface area contributed by atoms with Crippen molar-refractivity contribution >= 4 is 22.5 Å². The maximum Gasteiger partial charge on any atom is 0.225 e. The van der Waals surface area contributed by atoms with Crippen molar-refractivity contribution in [1.29, 1.82) is 0 Å². The number of rotatable bonds is 3. The van der Waals surface area contributed by atoms with Gasteiger partial charge in [-0.1, -0.05) is 67.4 Å². The number of carbonyl (C=O) groups excluding carboxylic acids is 1. The molecule has 1 amide bonds. The van der Waals surface area contributed by atoms with Gasteiger partial charge in [0.1, 0.15) is 5.69 Å². The lowest BCUT2D eigenvalue weighted by molar-refractivity contribution is -0.136. The van der Waals surface area contributed by atoms with Gasteiger partial charge in [0.25, 0.3) is 0 Å². The van der Waals surface area contributed by atoms with Gasteiger partial charge in [-0.3, -0.25) is 4.79 Å². The molecule has 1 aliphatic carbocycles. The summed E-state index contributed by atoms with van der Waals surface area (Å²) in [6, 6.07) is 18.8. The van der Waals surface area contributed by atoms with Gasteiger partial charge in [-0.15, -0.1) is 10.2 Å². The third-order valence-corrected chi connectivity index (χ3v) is 6.63. The molecule has 5 rings (SSSR count). The minimum atomic E-state index is 0.212. The molecule has 5 heteroatoms. The van der Waals surface area contributed by atoms with Crippen molar-refractivity contribution in [2.75, 3.05) is 24.5 Å². The lowest BCUT2D eigenvalue weighted by Gasteiger charge is -2.41. The summed E-state index contributed by atoms with van der Waals surface area (Å²) in [5.41, 5.74) is 1.99. The van der Waals surface area contributed by atoms with Crippen LogP contribution in [-0.4, -0.2) is 46.7 Å². The van der Waals surface area contributed by atoms with Crippen LogP contribution in [0.1, 0.15) is 32.6 Å². The number of anilines is 1. The van der Waals surface area contributed by atoms with Gasteiger partial charge in [-0.25, -0.2) is 0 Å². The van der Waals surface area contributed by atoms with Gasteiger partial charge >= 0.3 is 0 Å². The molecular weight excluding hydrogens is 372 g/mol. The number of carbonyl (C=O) groups is 1. The lowest BCUT2D eigenvalue weighted by atomic mass is 10.0. The van der Waals surface area contributed by atoms with E-state index in [0.29, 0.717) is 5.91 Å². The molecule has 1 saturated carbocycles. The number of hydrogen-bond acceptors (Lipinski definition) is 4. The van der Waals surface area contributed by atoms with Crippen LogP contribution < -0.4 is 4.90 Å². The van der Waals surface area contributed by atoms with Crippen molar-refractivity contribution in [3.05, 3.63) is 54.6 Å². The van der Waals surface area contributed by atoms with E-state index in [9.17, 15) is 4.79 Å². The van der Waals surface area contributed by atoms with Crippen LogP contribution in [0.4, 0.5) is 5.82 Å². The number of amides is 1. The molecule has 0 spiro atoms. The average molecular weight is 401 g/mol. The quantitative estimate of drug-likeness (QED) is 0.648. The Morgan fingerprint density at radius 1 is 0.900 bits per heavy atom. The zero-order chi connectivity index (χ0) is 20.5. The normalized spacial score (nSPS) is 20.1. The van der Waals surface area contributed by atoms with E-state index in [2.05, 4.69) is 63.3 Å². The summed E-state index contributed by atoms with van der Waals surface area (Å²) in [6.07, 6.45) is 4.51. The highest BCUT2D eigenvalue weighted by Gasteiger charge is 2.33. The van der Waals surface area contributed by atoms with Crippen LogP contribution in [0, 0.1) is 5.92 Å². The summed E-state index contributed by atoms with van der Waals surface area (Å²) in [6.45, 7) is 4.50. The Bertz CT molecular complexity index is 1050. The number of fused-ring (bicyclic) bond motifs is 1. The molecule has 0 bridgehead atoms. The first-order valence-electron chi connectivity index (χ1n) is 11.1. The molecule has 0 unspecified atom stereocenters. The van der Waals surface area contributed by atoms with E-state index < -0.39 is 0 Å². The number of nitrogens with zero attached hydrogens (tertiary/aromatic N) is 4. The van der Waals surface area contributed by atoms with Gasteiger partial charge in [0.05, 0.1) is 0 Å². The number of piperazine rings is 1. The molecular formula is C25H28N4O. The first-order valence-corrected chi connectivity index (χ1v) is 11.1. The van der Waals surface area contributed by atoms with Gasteiger partial charge in [0.15, 0.2) is 5.82 Å². The van der Waals surface area contributed by atoms with Crippen molar-refractivity contribution in [2.45, 2.75) is 38.6 Å². The van der Waals surface area contributed by atoms with Crippen LogP contribution in [0.25, 0.3) is 22.0 Å². The summed E-state index contributed by atoms with van der Waals surface area (Å²) in [5.74, 6) is 1.52. The van der Waals surface area contributed by atoms with E-state index in [-0.39, 0.29) is 12.0 Å². The topological polar surface area (TPSA) is 49.3 Å².